The van der Waals surface area contributed by atoms with Crippen LogP contribution in [0.1, 0.15) is 51.5 Å². The highest BCUT2D eigenvalue weighted by Gasteiger charge is 2.22. The molecule has 0 aromatic heterocycles. The molecule has 1 aliphatic rings. The molecule has 2 rings (SSSR count). The van der Waals surface area contributed by atoms with Crippen molar-refractivity contribution in [3.63, 3.8) is 0 Å². The van der Waals surface area contributed by atoms with Crippen LogP contribution in [-0.4, -0.2) is 6.04 Å². The van der Waals surface area contributed by atoms with Gasteiger partial charge in [-0.05, 0) is 42.7 Å². The average Bonchev–Trinajstić information content (AvgIpc) is 2.37. The molecule has 0 bridgehead atoms. The average molecular weight is 324 g/mol. The lowest BCUT2D eigenvalue weighted by Crippen LogP contribution is -2.34. The molecule has 0 aliphatic heterocycles. The summed E-state index contributed by atoms with van der Waals surface area (Å²) in [6.07, 6.45) is 6.94. The van der Waals surface area contributed by atoms with Crippen LogP contribution in [0.15, 0.2) is 28.7 Å². The minimum absolute atomic E-state index is 0.713. The van der Waals surface area contributed by atoms with Crippen LogP contribution in [0.5, 0.6) is 0 Å². The molecule has 1 aromatic carbocycles. The molecule has 2 atom stereocenters. The molecule has 0 radical (unpaired) electrons. The predicted molar refractivity (Wildman–Crippen MR) is 86.2 cm³/mol. The number of hydrogen-bond acceptors (Lipinski definition) is 1. The maximum Gasteiger partial charge on any atom is 0.0220 e. The number of hydrogen-bond donors (Lipinski definition) is 1. The fraction of sp³-hybridized carbons (Fsp3) is 0.647. The molecule has 0 amide bonds. The highest BCUT2D eigenvalue weighted by molar-refractivity contribution is 9.10. The topological polar surface area (TPSA) is 12.0 Å². The molecular weight excluding hydrogens is 298 g/mol. The van der Waals surface area contributed by atoms with Crippen LogP contribution in [0.25, 0.3) is 0 Å². The Morgan fingerprint density at radius 1 is 1.26 bits per heavy atom. The summed E-state index contributed by atoms with van der Waals surface area (Å²) >= 11 is 3.63. The van der Waals surface area contributed by atoms with Crippen molar-refractivity contribution in [2.24, 2.45) is 11.8 Å². The van der Waals surface area contributed by atoms with E-state index in [1.807, 2.05) is 0 Å². The van der Waals surface area contributed by atoms with E-state index < -0.39 is 0 Å². The molecular formula is C17H26BrN. The zero-order valence-corrected chi connectivity index (χ0v) is 13.7. The maximum absolute atomic E-state index is 3.75. The van der Waals surface area contributed by atoms with Crippen molar-refractivity contribution in [3.8, 4) is 0 Å². The van der Waals surface area contributed by atoms with Gasteiger partial charge < -0.3 is 5.32 Å². The van der Waals surface area contributed by atoms with Crippen molar-refractivity contribution in [1.82, 2.24) is 5.32 Å². The highest BCUT2D eigenvalue weighted by atomic mass is 79.9. The third-order valence-electron chi connectivity index (χ3n) is 4.13. The van der Waals surface area contributed by atoms with E-state index >= 15 is 0 Å². The van der Waals surface area contributed by atoms with Crippen molar-refractivity contribution < 1.29 is 0 Å². The number of rotatable bonds is 5. The molecule has 106 valence electrons. The van der Waals surface area contributed by atoms with Gasteiger partial charge in [0, 0.05) is 17.1 Å². The summed E-state index contributed by atoms with van der Waals surface area (Å²) < 4.78 is 1.22. The van der Waals surface area contributed by atoms with Gasteiger partial charge in [0.25, 0.3) is 0 Å². The van der Waals surface area contributed by atoms with Gasteiger partial charge in [0.2, 0.25) is 0 Å². The van der Waals surface area contributed by atoms with Crippen LogP contribution < -0.4 is 5.32 Å². The van der Waals surface area contributed by atoms with Crippen LogP contribution in [0.4, 0.5) is 0 Å². The van der Waals surface area contributed by atoms with E-state index in [-0.39, 0.29) is 0 Å². The normalized spacial score (nSPS) is 23.8. The standard InChI is InChI=1S/C17H26BrN/c1-13(2)10-14-6-5-8-16(11-14)19-12-15-7-3-4-9-17(15)18/h3-4,7,9,13-14,16,19H,5-6,8,10-12H2,1-2H3. The number of nitrogens with one attached hydrogen (secondary N) is 1. The summed E-state index contributed by atoms with van der Waals surface area (Å²) in [4.78, 5) is 0. The lowest BCUT2D eigenvalue weighted by molar-refractivity contribution is 0.252. The largest absolute Gasteiger partial charge is 0.310 e. The smallest absolute Gasteiger partial charge is 0.0220 e. The summed E-state index contributed by atoms with van der Waals surface area (Å²) in [6.45, 7) is 5.68. The third-order valence-corrected chi connectivity index (χ3v) is 4.90. The Labute approximate surface area is 126 Å². The third kappa shape index (κ3) is 4.92. The lowest BCUT2D eigenvalue weighted by Gasteiger charge is -2.31. The summed E-state index contributed by atoms with van der Waals surface area (Å²) in [5.74, 6) is 1.78. The van der Waals surface area contributed by atoms with Crippen LogP contribution in [-0.2, 0) is 6.54 Å². The van der Waals surface area contributed by atoms with E-state index in [9.17, 15) is 0 Å². The van der Waals surface area contributed by atoms with E-state index in [4.69, 9.17) is 0 Å². The second kappa shape index (κ2) is 7.44. The first-order chi connectivity index (χ1) is 9.15. The van der Waals surface area contributed by atoms with E-state index in [0.29, 0.717) is 6.04 Å². The monoisotopic (exact) mass is 323 g/mol. The van der Waals surface area contributed by atoms with Gasteiger partial charge >= 0.3 is 0 Å². The molecule has 2 heteroatoms. The molecule has 0 saturated heterocycles. The summed E-state index contributed by atoms with van der Waals surface area (Å²) in [7, 11) is 0. The van der Waals surface area contributed by atoms with Crippen molar-refractivity contribution >= 4 is 15.9 Å². The molecule has 0 heterocycles. The van der Waals surface area contributed by atoms with Crippen LogP contribution in [0.2, 0.25) is 0 Å². The molecule has 0 spiro atoms. The number of halogens is 1. The molecule has 19 heavy (non-hydrogen) atoms. The second-order valence-corrected chi connectivity index (χ2v) is 7.19. The first-order valence-corrected chi connectivity index (χ1v) is 8.41. The molecule has 1 fully saturated rings. The molecule has 1 aromatic rings. The molecule has 1 nitrogen and oxygen atoms in total. The van der Waals surface area contributed by atoms with E-state index in [2.05, 4.69) is 59.4 Å². The van der Waals surface area contributed by atoms with E-state index in [1.165, 1.54) is 42.1 Å². The highest BCUT2D eigenvalue weighted by Crippen LogP contribution is 2.29. The number of benzene rings is 1. The van der Waals surface area contributed by atoms with Gasteiger partial charge in [-0.15, -0.1) is 0 Å². The van der Waals surface area contributed by atoms with Crippen molar-refractivity contribution in [1.29, 1.82) is 0 Å². The van der Waals surface area contributed by atoms with Crippen molar-refractivity contribution in [2.75, 3.05) is 0 Å². The van der Waals surface area contributed by atoms with E-state index in [0.717, 1.165) is 18.4 Å². The van der Waals surface area contributed by atoms with Crippen LogP contribution in [0.3, 0.4) is 0 Å². The van der Waals surface area contributed by atoms with Crippen LogP contribution >= 0.6 is 15.9 Å². The van der Waals surface area contributed by atoms with Gasteiger partial charge in [0.05, 0.1) is 0 Å². The summed E-state index contributed by atoms with van der Waals surface area (Å²) in [5, 5.41) is 3.75. The zero-order valence-electron chi connectivity index (χ0n) is 12.2. The molecule has 1 N–H and O–H groups in total. The Kier molecular flexibility index (Phi) is 5.90. The minimum Gasteiger partial charge on any atom is -0.310 e. The Hall–Kier alpha value is -0.340. The van der Waals surface area contributed by atoms with Gasteiger partial charge in [0.1, 0.15) is 0 Å². The van der Waals surface area contributed by atoms with Crippen molar-refractivity contribution in [2.45, 2.75) is 58.5 Å². The first-order valence-electron chi connectivity index (χ1n) is 7.62. The summed E-state index contributed by atoms with van der Waals surface area (Å²) in [6, 6.07) is 9.23. The van der Waals surface area contributed by atoms with Gasteiger partial charge in [-0.2, -0.15) is 0 Å². The summed E-state index contributed by atoms with van der Waals surface area (Å²) in [5.41, 5.74) is 1.37. The Bertz CT molecular complexity index is 389. The van der Waals surface area contributed by atoms with Gasteiger partial charge in [-0.3, -0.25) is 0 Å². The minimum atomic E-state index is 0.713. The quantitative estimate of drug-likeness (QED) is 0.790. The Morgan fingerprint density at radius 2 is 2.05 bits per heavy atom. The predicted octanol–water partition coefficient (Wildman–Crippen LogP) is 5.14. The van der Waals surface area contributed by atoms with Gasteiger partial charge in [-0.1, -0.05) is 60.8 Å². The molecule has 2 unspecified atom stereocenters. The molecule has 1 aliphatic carbocycles. The fourth-order valence-electron chi connectivity index (χ4n) is 3.25. The second-order valence-electron chi connectivity index (χ2n) is 6.33. The SMILES string of the molecule is CC(C)CC1CCCC(NCc2ccccc2Br)C1. The lowest BCUT2D eigenvalue weighted by atomic mass is 9.81. The first kappa shape index (κ1) is 15.1. The van der Waals surface area contributed by atoms with Gasteiger partial charge in [0.15, 0.2) is 0 Å². The van der Waals surface area contributed by atoms with Crippen LogP contribution in [0, 0.1) is 11.8 Å². The zero-order chi connectivity index (χ0) is 13.7. The van der Waals surface area contributed by atoms with Crippen molar-refractivity contribution in [3.05, 3.63) is 34.3 Å². The Balaban J connectivity index is 1.81. The molecule has 1 saturated carbocycles. The van der Waals surface area contributed by atoms with E-state index in [1.54, 1.807) is 0 Å². The Morgan fingerprint density at radius 3 is 2.79 bits per heavy atom. The maximum atomic E-state index is 3.75. The van der Waals surface area contributed by atoms with Gasteiger partial charge in [-0.25, -0.2) is 0 Å². The fourth-order valence-corrected chi connectivity index (χ4v) is 3.68.